The van der Waals surface area contributed by atoms with Crippen molar-refractivity contribution in [2.45, 2.75) is 40.2 Å². The summed E-state index contributed by atoms with van der Waals surface area (Å²) in [6, 6.07) is 11.6. The highest BCUT2D eigenvalue weighted by Crippen LogP contribution is 2.40. The largest absolute Gasteiger partial charge is 0.363 e. The Morgan fingerprint density at radius 3 is 2.50 bits per heavy atom. The summed E-state index contributed by atoms with van der Waals surface area (Å²) in [6.45, 7) is 11.5. The van der Waals surface area contributed by atoms with Gasteiger partial charge in [0.05, 0.1) is 5.54 Å². The molecule has 2 aromatic rings. The van der Waals surface area contributed by atoms with E-state index < -0.39 is 5.91 Å². The van der Waals surface area contributed by atoms with Crippen molar-refractivity contribution in [1.29, 1.82) is 5.26 Å². The monoisotopic (exact) mass is 403 g/mol. The Kier molecular flexibility index (Phi) is 5.80. The molecule has 4 nitrogen and oxygen atoms in total. The van der Waals surface area contributed by atoms with Crippen LogP contribution in [0, 0.1) is 24.1 Å². The van der Waals surface area contributed by atoms with E-state index in [2.05, 4.69) is 50.1 Å². The quantitative estimate of drug-likeness (QED) is 0.526. The zero-order valence-corrected chi connectivity index (χ0v) is 18.0. The summed E-state index contributed by atoms with van der Waals surface area (Å²) in [7, 11) is 0. The number of carbonyl (C=O) groups excluding carboxylic acids is 1. The number of nitrogens with zero attached hydrogens (tertiary/aromatic N) is 2. The van der Waals surface area contributed by atoms with Crippen LogP contribution in [0.25, 0.3) is 11.6 Å². The van der Waals surface area contributed by atoms with E-state index in [1.54, 1.807) is 6.08 Å². The van der Waals surface area contributed by atoms with Crippen LogP contribution in [0.2, 0.25) is 0 Å². The van der Waals surface area contributed by atoms with Crippen LogP contribution in [-0.4, -0.2) is 18.0 Å². The maximum absolute atomic E-state index is 13.1. The molecule has 30 heavy (non-hydrogen) atoms. The molecule has 1 N–H and O–H groups in total. The molecular weight excluding hydrogens is 377 g/mol. The lowest BCUT2D eigenvalue weighted by Gasteiger charge is -2.43. The lowest BCUT2D eigenvalue weighted by molar-refractivity contribution is -0.112. The first kappa shape index (κ1) is 21.3. The highest BCUT2D eigenvalue weighted by atomic mass is 19.1. The molecule has 0 bridgehead atoms. The summed E-state index contributed by atoms with van der Waals surface area (Å²) in [4.78, 5) is 14.9. The number of hydrogen-bond acceptors (Lipinski definition) is 3. The topological polar surface area (TPSA) is 56.1 Å². The fourth-order valence-corrected chi connectivity index (χ4v) is 4.01. The Labute approximate surface area is 177 Å². The van der Waals surface area contributed by atoms with Crippen LogP contribution in [-0.2, 0) is 4.79 Å². The van der Waals surface area contributed by atoms with E-state index in [1.165, 1.54) is 29.8 Å². The highest BCUT2D eigenvalue weighted by molar-refractivity contribution is 6.09. The van der Waals surface area contributed by atoms with Crippen LogP contribution in [0.3, 0.4) is 0 Å². The standard InChI is InChI=1S/C25H26FN3O/c1-6-29-23-11-16(2)18(13-22(23)17(3)14-25(29,4)5)12-19(15-27)24(30)28-21-9-7-20(26)8-10-21/h7-14H,6H2,1-5H3,(H,28,30)/b19-12+. The first-order valence-corrected chi connectivity index (χ1v) is 9.97. The molecule has 3 rings (SSSR count). The molecular formula is C25H26FN3O. The van der Waals surface area contributed by atoms with E-state index in [-0.39, 0.29) is 16.9 Å². The maximum atomic E-state index is 13.1. The molecule has 1 aliphatic heterocycles. The number of carbonyl (C=O) groups is 1. The van der Waals surface area contributed by atoms with Gasteiger partial charge in [0, 0.05) is 23.5 Å². The molecule has 1 aliphatic rings. The lowest BCUT2D eigenvalue weighted by Crippen LogP contribution is -2.44. The van der Waals surface area contributed by atoms with Gasteiger partial charge in [0.25, 0.3) is 5.91 Å². The summed E-state index contributed by atoms with van der Waals surface area (Å²) in [5.74, 6) is -0.911. The second kappa shape index (κ2) is 8.16. The number of allylic oxidation sites excluding steroid dienone is 1. The Morgan fingerprint density at radius 1 is 1.23 bits per heavy atom. The van der Waals surface area contributed by atoms with Gasteiger partial charge in [-0.25, -0.2) is 4.39 Å². The number of hydrogen-bond donors (Lipinski definition) is 1. The van der Waals surface area contributed by atoms with Crippen molar-refractivity contribution in [2.75, 3.05) is 16.8 Å². The Bertz CT molecular complexity index is 1090. The molecule has 1 amide bonds. The summed E-state index contributed by atoms with van der Waals surface area (Å²) >= 11 is 0. The fourth-order valence-electron chi connectivity index (χ4n) is 4.01. The van der Waals surface area contributed by atoms with Gasteiger partial charge < -0.3 is 10.2 Å². The number of benzene rings is 2. The van der Waals surface area contributed by atoms with Crippen molar-refractivity contribution in [2.24, 2.45) is 0 Å². The molecule has 0 radical (unpaired) electrons. The third kappa shape index (κ3) is 4.13. The van der Waals surface area contributed by atoms with Gasteiger partial charge in [0.2, 0.25) is 0 Å². The molecule has 0 aliphatic carbocycles. The molecule has 1 heterocycles. The number of halogens is 1. The molecule has 0 spiro atoms. The normalized spacial score (nSPS) is 15.2. The summed E-state index contributed by atoms with van der Waals surface area (Å²) in [6.07, 6.45) is 3.85. The summed E-state index contributed by atoms with van der Waals surface area (Å²) in [5, 5.41) is 12.2. The molecule has 0 saturated carbocycles. The number of aryl methyl sites for hydroxylation is 1. The Morgan fingerprint density at radius 2 is 1.90 bits per heavy atom. The van der Waals surface area contributed by atoms with Crippen molar-refractivity contribution in [3.63, 3.8) is 0 Å². The first-order chi connectivity index (χ1) is 14.2. The zero-order valence-electron chi connectivity index (χ0n) is 18.0. The lowest BCUT2D eigenvalue weighted by atomic mass is 9.86. The van der Waals surface area contributed by atoms with Gasteiger partial charge in [-0.3, -0.25) is 4.79 Å². The van der Waals surface area contributed by atoms with Crippen LogP contribution in [0.1, 0.15) is 44.4 Å². The Balaban J connectivity index is 1.98. The van der Waals surface area contributed by atoms with Gasteiger partial charge in [-0.1, -0.05) is 6.08 Å². The van der Waals surface area contributed by atoms with Gasteiger partial charge in [-0.05, 0) is 93.8 Å². The predicted molar refractivity (Wildman–Crippen MR) is 121 cm³/mol. The van der Waals surface area contributed by atoms with Gasteiger partial charge in [-0.15, -0.1) is 0 Å². The van der Waals surface area contributed by atoms with E-state index >= 15 is 0 Å². The minimum Gasteiger partial charge on any atom is -0.363 e. The maximum Gasteiger partial charge on any atom is 0.266 e. The summed E-state index contributed by atoms with van der Waals surface area (Å²) < 4.78 is 13.1. The van der Waals surface area contributed by atoms with E-state index in [0.717, 1.165) is 28.9 Å². The van der Waals surface area contributed by atoms with Gasteiger partial charge >= 0.3 is 0 Å². The van der Waals surface area contributed by atoms with Gasteiger partial charge in [-0.2, -0.15) is 5.26 Å². The molecule has 5 heteroatoms. The third-order valence-corrected chi connectivity index (χ3v) is 5.45. The Hall–Kier alpha value is -3.39. The van der Waals surface area contributed by atoms with Crippen LogP contribution >= 0.6 is 0 Å². The number of rotatable bonds is 4. The van der Waals surface area contributed by atoms with Crippen molar-refractivity contribution < 1.29 is 9.18 Å². The number of nitrogens with one attached hydrogen (secondary N) is 1. The number of anilines is 2. The van der Waals surface area contributed by atoms with Crippen molar-refractivity contribution in [1.82, 2.24) is 0 Å². The minimum absolute atomic E-state index is 0.00695. The van der Waals surface area contributed by atoms with E-state index in [1.807, 2.05) is 19.1 Å². The number of amides is 1. The number of nitriles is 1. The van der Waals surface area contributed by atoms with Crippen LogP contribution < -0.4 is 10.2 Å². The summed E-state index contributed by atoms with van der Waals surface area (Å²) in [5.41, 5.74) is 5.59. The second-order valence-corrected chi connectivity index (χ2v) is 8.08. The van der Waals surface area contributed by atoms with E-state index in [0.29, 0.717) is 5.69 Å². The molecule has 0 unspecified atom stereocenters. The van der Waals surface area contributed by atoms with Crippen LogP contribution in [0.5, 0.6) is 0 Å². The molecule has 154 valence electrons. The number of fused-ring (bicyclic) bond motifs is 1. The SMILES string of the molecule is CCN1c2cc(C)c(/C=C(\C#N)C(=O)Nc3ccc(F)cc3)cc2C(C)=CC1(C)C. The van der Waals surface area contributed by atoms with Crippen LogP contribution in [0.4, 0.5) is 15.8 Å². The predicted octanol–water partition coefficient (Wildman–Crippen LogP) is 5.70. The average Bonchev–Trinajstić information content (AvgIpc) is 2.68. The fraction of sp³-hybridized carbons (Fsp3) is 0.280. The van der Waals surface area contributed by atoms with Crippen molar-refractivity contribution in [3.05, 3.63) is 70.6 Å². The van der Waals surface area contributed by atoms with Crippen molar-refractivity contribution in [3.8, 4) is 6.07 Å². The molecule has 0 fully saturated rings. The molecule has 0 saturated heterocycles. The van der Waals surface area contributed by atoms with Crippen LogP contribution in [0.15, 0.2) is 48.0 Å². The molecule has 0 aromatic heterocycles. The minimum atomic E-state index is -0.523. The van der Waals surface area contributed by atoms with Gasteiger partial charge in [0.15, 0.2) is 0 Å². The molecule has 2 aromatic carbocycles. The van der Waals surface area contributed by atoms with E-state index in [4.69, 9.17) is 0 Å². The highest BCUT2D eigenvalue weighted by Gasteiger charge is 2.30. The van der Waals surface area contributed by atoms with Crippen molar-refractivity contribution >= 4 is 28.9 Å². The first-order valence-electron chi connectivity index (χ1n) is 9.97. The number of likely N-dealkylation sites (N-methyl/N-ethyl adjacent to an activating group) is 1. The third-order valence-electron chi connectivity index (χ3n) is 5.45. The van der Waals surface area contributed by atoms with E-state index in [9.17, 15) is 14.4 Å². The van der Waals surface area contributed by atoms with Gasteiger partial charge in [0.1, 0.15) is 17.5 Å². The smallest absolute Gasteiger partial charge is 0.266 e. The zero-order chi connectivity index (χ0) is 22.1. The average molecular weight is 404 g/mol. The molecule has 0 atom stereocenters. The second-order valence-electron chi connectivity index (χ2n) is 8.08.